The van der Waals surface area contributed by atoms with Gasteiger partial charge in [0.1, 0.15) is 0 Å². The lowest BCUT2D eigenvalue weighted by Gasteiger charge is -2.25. The van der Waals surface area contributed by atoms with E-state index in [1.807, 2.05) is 18.5 Å². The molecule has 2 heteroatoms. The summed E-state index contributed by atoms with van der Waals surface area (Å²) in [6, 6.07) is 2.05. The SMILES string of the molecule is Cc1ccncc1C(C)(C)CCN. The molecule has 2 N–H and O–H groups in total. The van der Waals surface area contributed by atoms with Crippen molar-refractivity contribution in [2.45, 2.75) is 32.6 Å². The number of nitrogens with zero attached hydrogens (tertiary/aromatic N) is 1. The first-order valence-electron chi connectivity index (χ1n) is 4.69. The Kier molecular flexibility index (Phi) is 3.04. The predicted octanol–water partition coefficient (Wildman–Crippen LogP) is 2.02. The normalized spacial score (nSPS) is 11.7. The van der Waals surface area contributed by atoms with E-state index in [9.17, 15) is 0 Å². The lowest BCUT2D eigenvalue weighted by molar-refractivity contribution is 0.483. The van der Waals surface area contributed by atoms with E-state index in [0.717, 1.165) is 13.0 Å². The Morgan fingerprint density at radius 3 is 2.69 bits per heavy atom. The highest BCUT2D eigenvalue weighted by atomic mass is 14.6. The van der Waals surface area contributed by atoms with Gasteiger partial charge in [0.15, 0.2) is 0 Å². The molecule has 0 aliphatic rings. The maximum Gasteiger partial charge on any atom is 0.0307 e. The van der Waals surface area contributed by atoms with Crippen molar-refractivity contribution < 1.29 is 0 Å². The van der Waals surface area contributed by atoms with Crippen LogP contribution in [-0.2, 0) is 5.41 Å². The van der Waals surface area contributed by atoms with Crippen molar-refractivity contribution in [2.24, 2.45) is 5.73 Å². The first kappa shape index (κ1) is 10.2. The monoisotopic (exact) mass is 178 g/mol. The van der Waals surface area contributed by atoms with Crippen LogP contribution in [0.5, 0.6) is 0 Å². The second kappa shape index (κ2) is 3.88. The van der Waals surface area contributed by atoms with E-state index in [1.165, 1.54) is 11.1 Å². The summed E-state index contributed by atoms with van der Waals surface area (Å²) in [6.07, 6.45) is 4.78. The van der Waals surface area contributed by atoms with E-state index in [-0.39, 0.29) is 5.41 Å². The second-order valence-electron chi connectivity index (χ2n) is 4.11. The van der Waals surface area contributed by atoms with Gasteiger partial charge in [0.25, 0.3) is 0 Å². The zero-order valence-corrected chi connectivity index (χ0v) is 8.67. The number of aryl methyl sites for hydroxylation is 1. The smallest absolute Gasteiger partial charge is 0.0307 e. The molecule has 0 aromatic carbocycles. The van der Waals surface area contributed by atoms with Crippen molar-refractivity contribution >= 4 is 0 Å². The third-order valence-corrected chi connectivity index (χ3v) is 2.54. The van der Waals surface area contributed by atoms with Gasteiger partial charge in [-0.3, -0.25) is 4.98 Å². The first-order valence-corrected chi connectivity index (χ1v) is 4.69. The molecule has 72 valence electrons. The van der Waals surface area contributed by atoms with Crippen LogP contribution in [0.15, 0.2) is 18.5 Å². The minimum absolute atomic E-state index is 0.146. The van der Waals surface area contributed by atoms with Crippen molar-refractivity contribution in [1.29, 1.82) is 0 Å². The zero-order chi connectivity index (χ0) is 9.90. The van der Waals surface area contributed by atoms with Gasteiger partial charge in [-0.05, 0) is 42.5 Å². The number of pyridine rings is 1. The molecule has 1 aromatic rings. The molecule has 1 heterocycles. The maximum absolute atomic E-state index is 5.58. The fraction of sp³-hybridized carbons (Fsp3) is 0.545. The molecule has 0 amide bonds. The standard InChI is InChI=1S/C11H18N2/c1-9-4-7-13-8-10(9)11(2,3)5-6-12/h4,7-8H,5-6,12H2,1-3H3. The van der Waals surface area contributed by atoms with Gasteiger partial charge >= 0.3 is 0 Å². The molecule has 0 spiro atoms. The Bertz CT molecular complexity index is 279. The number of nitrogens with two attached hydrogens (primary N) is 1. The maximum atomic E-state index is 5.58. The predicted molar refractivity (Wildman–Crippen MR) is 55.7 cm³/mol. The van der Waals surface area contributed by atoms with Gasteiger partial charge in [-0.15, -0.1) is 0 Å². The highest BCUT2D eigenvalue weighted by molar-refractivity contribution is 5.28. The second-order valence-corrected chi connectivity index (χ2v) is 4.11. The highest BCUT2D eigenvalue weighted by Crippen LogP contribution is 2.27. The van der Waals surface area contributed by atoms with Gasteiger partial charge in [-0.2, -0.15) is 0 Å². The molecule has 0 unspecified atom stereocenters. The summed E-state index contributed by atoms with van der Waals surface area (Å²) in [6.45, 7) is 7.27. The molecular weight excluding hydrogens is 160 g/mol. The van der Waals surface area contributed by atoms with Gasteiger partial charge in [-0.1, -0.05) is 13.8 Å². The fourth-order valence-corrected chi connectivity index (χ4v) is 1.67. The summed E-state index contributed by atoms with van der Waals surface area (Å²) < 4.78 is 0. The van der Waals surface area contributed by atoms with Crippen LogP contribution in [0.2, 0.25) is 0 Å². The van der Waals surface area contributed by atoms with Gasteiger partial charge in [0.2, 0.25) is 0 Å². The molecule has 13 heavy (non-hydrogen) atoms. The lowest BCUT2D eigenvalue weighted by atomic mass is 9.80. The number of aromatic nitrogens is 1. The van der Waals surface area contributed by atoms with Gasteiger partial charge in [0.05, 0.1) is 0 Å². The Morgan fingerprint density at radius 1 is 1.46 bits per heavy atom. The molecule has 0 atom stereocenters. The summed E-state index contributed by atoms with van der Waals surface area (Å²) in [7, 11) is 0. The van der Waals surface area contributed by atoms with Crippen molar-refractivity contribution in [1.82, 2.24) is 4.98 Å². The number of hydrogen-bond acceptors (Lipinski definition) is 2. The van der Waals surface area contributed by atoms with E-state index >= 15 is 0 Å². The van der Waals surface area contributed by atoms with Crippen LogP contribution in [0.1, 0.15) is 31.4 Å². The average Bonchev–Trinajstić information content (AvgIpc) is 2.04. The van der Waals surface area contributed by atoms with Crippen LogP contribution in [-0.4, -0.2) is 11.5 Å². The first-order chi connectivity index (χ1) is 6.08. The topological polar surface area (TPSA) is 38.9 Å². The van der Waals surface area contributed by atoms with Crippen LogP contribution in [0.25, 0.3) is 0 Å². The van der Waals surface area contributed by atoms with Crippen LogP contribution in [0.3, 0.4) is 0 Å². The molecule has 0 saturated heterocycles. The van der Waals surface area contributed by atoms with E-state index in [2.05, 4.69) is 25.8 Å². The van der Waals surface area contributed by atoms with E-state index < -0.39 is 0 Å². The van der Waals surface area contributed by atoms with Gasteiger partial charge in [-0.25, -0.2) is 0 Å². The number of hydrogen-bond donors (Lipinski definition) is 1. The Balaban J connectivity index is 2.99. The van der Waals surface area contributed by atoms with Crippen molar-refractivity contribution in [3.8, 4) is 0 Å². The molecule has 0 saturated carbocycles. The fourth-order valence-electron chi connectivity index (χ4n) is 1.67. The lowest BCUT2D eigenvalue weighted by Crippen LogP contribution is -2.22. The minimum Gasteiger partial charge on any atom is -0.330 e. The van der Waals surface area contributed by atoms with Crippen molar-refractivity contribution in [2.75, 3.05) is 6.54 Å². The van der Waals surface area contributed by atoms with Crippen molar-refractivity contribution in [3.05, 3.63) is 29.6 Å². The summed E-state index contributed by atoms with van der Waals surface area (Å²) in [5, 5.41) is 0. The van der Waals surface area contributed by atoms with Crippen molar-refractivity contribution in [3.63, 3.8) is 0 Å². The Labute approximate surface area is 80.2 Å². The summed E-state index contributed by atoms with van der Waals surface area (Å²) in [4.78, 5) is 4.15. The number of rotatable bonds is 3. The summed E-state index contributed by atoms with van der Waals surface area (Å²) in [5.74, 6) is 0. The largest absolute Gasteiger partial charge is 0.330 e. The summed E-state index contributed by atoms with van der Waals surface area (Å²) >= 11 is 0. The molecule has 2 nitrogen and oxygen atoms in total. The Hall–Kier alpha value is -0.890. The molecule has 1 aromatic heterocycles. The third kappa shape index (κ3) is 2.28. The average molecular weight is 178 g/mol. The van der Waals surface area contributed by atoms with Crippen LogP contribution < -0.4 is 5.73 Å². The minimum atomic E-state index is 0.146. The van der Waals surface area contributed by atoms with Crippen LogP contribution in [0.4, 0.5) is 0 Å². The molecule has 0 aliphatic carbocycles. The quantitative estimate of drug-likeness (QED) is 0.769. The molecule has 0 fully saturated rings. The highest BCUT2D eigenvalue weighted by Gasteiger charge is 2.21. The third-order valence-electron chi connectivity index (χ3n) is 2.54. The van der Waals surface area contributed by atoms with E-state index in [0.29, 0.717) is 0 Å². The van der Waals surface area contributed by atoms with Crippen LogP contribution in [0, 0.1) is 6.92 Å². The van der Waals surface area contributed by atoms with Gasteiger partial charge in [0, 0.05) is 12.4 Å². The summed E-state index contributed by atoms with van der Waals surface area (Å²) in [5.41, 5.74) is 8.33. The van der Waals surface area contributed by atoms with Crippen LogP contribution >= 0.6 is 0 Å². The Morgan fingerprint density at radius 2 is 2.15 bits per heavy atom. The van der Waals surface area contributed by atoms with Gasteiger partial charge < -0.3 is 5.73 Å². The molecule has 1 rings (SSSR count). The van der Waals surface area contributed by atoms with E-state index in [1.54, 1.807) is 0 Å². The molecular formula is C11H18N2. The van der Waals surface area contributed by atoms with E-state index in [4.69, 9.17) is 5.73 Å². The molecule has 0 radical (unpaired) electrons. The zero-order valence-electron chi connectivity index (χ0n) is 8.67. The molecule has 0 aliphatic heterocycles. The molecule has 0 bridgehead atoms.